The van der Waals surface area contributed by atoms with Crippen molar-refractivity contribution in [2.75, 3.05) is 33.6 Å². The summed E-state index contributed by atoms with van der Waals surface area (Å²) in [6.45, 7) is 4.90. The number of amides is 2. The van der Waals surface area contributed by atoms with Gasteiger partial charge in [0, 0.05) is 24.6 Å². The van der Waals surface area contributed by atoms with Gasteiger partial charge in [0.25, 0.3) is 11.8 Å². The second-order valence-electron chi connectivity index (χ2n) is 9.67. The van der Waals surface area contributed by atoms with Crippen molar-refractivity contribution >= 4 is 21.8 Å². The Morgan fingerprint density at radius 2 is 1.62 bits per heavy atom. The molecular weight excluding hydrogens is 536 g/mol. The molecule has 1 atom stereocenters. The van der Waals surface area contributed by atoms with E-state index in [1.165, 1.54) is 0 Å². The van der Waals surface area contributed by atoms with E-state index in [0.717, 1.165) is 35.8 Å². The molecule has 2 aromatic carbocycles. The Morgan fingerprint density at radius 3 is 2.23 bits per heavy atom. The van der Waals surface area contributed by atoms with Crippen LogP contribution in [0, 0.1) is 0 Å². The molecule has 1 unspecified atom stereocenters. The van der Waals surface area contributed by atoms with Gasteiger partial charge in [0.1, 0.15) is 23.0 Å². The second kappa shape index (κ2) is 14.2. The lowest BCUT2D eigenvalue weighted by atomic mass is 9.96. The highest BCUT2D eigenvalue weighted by atomic mass is 32.2. The molecule has 0 spiro atoms. The number of rotatable bonds is 14. The molecule has 40 heavy (non-hydrogen) atoms. The summed E-state index contributed by atoms with van der Waals surface area (Å²) in [7, 11) is -0.540. The van der Waals surface area contributed by atoms with Crippen molar-refractivity contribution in [3.63, 3.8) is 0 Å². The summed E-state index contributed by atoms with van der Waals surface area (Å²) in [6, 6.07) is 7.36. The maximum absolute atomic E-state index is 12.4. The zero-order valence-electron chi connectivity index (χ0n) is 23.9. The maximum Gasteiger partial charge on any atom is 0.274 e. The fourth-order valence-corrected chi connectivity index (χ4v) is 5.24. The van der Waals surface area contributed by atoms with E-state index in [0.29, 0.717) is 73.9 Å². The van der Waals surface area contributed by atoms with Gasteiger partial charge in [0.15, 0.2) is 6.10 Å². The van der Waals surface area contributed by atoms with Crippen LogP contribution in [0.3, 0.4) is 0 Å². The summed E-state index contributed by atoms with van der Waals surface area (Å²) < 4.78 is 48.8. The normalized spacial score (nSPS) is 14.5. The van der Waals surface area contributed by atoms with E-state index in [1.54, 1.807) is 26.3 Å². The number of fused-ring (bicyclic) bond motifs is 1. The van der Waals surface area contributed by atoms with Crippen LogP contribution in [0.25, 0.3) is 0 Å². The van der Waals surface area contributed by atoms with Gasteiger partial charge in [-0.2, -0.15) is 0 Å². The molecule has 11 heteroatoms. The number of methoxy groups -OCH3 is 1. The summed E-state index contributed by atoms with van der Waals surface area (Å²) in [4.78, 5) is 24.7. The highest BCUT2D eigenvalue weighted by Crippen LogP contribution is 2.38. The number of ether oxygens (including phenoxy) is 4. The lowest BCUT2D eigenvalue weighted by Crippen LogP contribution is -2.42. The zero-order chi connectivity index (χ0) is 29.3. The summed E-state index contributed by atoms with van der Waals surface area (Å²) >= 11 is 0. The van der Waals surface area contributed by atoms with Gasteiger partial charge in [-0.25, -0.2) is 8.42 Å². The molecule has 0 aliphatic carbocycles. The Hall–Kier alpha value is -3.47. The molecule has 2 N–H and O–H groups in total. The van der Waals surface area contributed by atoms with Gasteiger partial charge in [-0.15, -0.1) is 0 Å². The number of nitrogens with one attached hydrogen (secondary N) is 2. The summed E-state index contributed by atoms with van der Waals surface area (Å²) in [5.41, 5.74) is 3.18. The van der Waals surface area contributed by atoms with Gasteiger partial charge >= 0.3 is 0 Å². The monoisotopic (exact) mass is 576 g/mol. The molecule has 0 fully saturated rings. The molecule has 1 heterocycles. The van der Waals surface area contributed by atoms with Gasteiger partial charge in [0.2, 0.25) is 10.0 Å². The van der Waals surface area contributed by atoms with E-state index in [2.05, 4.69) is 12.2 Å². The average Bonchev–Trinajstić information content (AvgIpc) is 2.92. The van der Waals surface area contributed by atoms with Crippen molar-refractivity contribution in [2.24, 2.45) is 0 Å². The minimum absolute atomic E-state index is 0.214. The van der Waals surface area contributed by atoms with E-state index in [4.69, 9.17) is 18.9 Å². The molecule has 0 radical (unpaired) electrons. The molecule has 2 amide bonds. The van der Waals surface area contributed by atoms with E-state index < -0.39 is 22.0 Å². The van der Waals surface area contributed by atoms with Crippen LogP contribution in [0.2, 0.25) is 0 Å². The molecular formula is C29H40N2O8S. The molecule has 10 nitrogen and oxygen atoms in total. The predicted molar refractivity (Wildman–Crippen MR) is 152 cm³/mol. The fraction of sp³-hybridized carbons (Fsp3) is 0.517. The first-order valence-corrected chi connectivity index (χ1v) is 15.5. The topological polar surface area (TPSA) is 129 Å². The Balaban J connectivity index is 1.67. The largest absolute Gasteiger partial charge is 0.495 e. The molecule has 3 rings (SSSR count). The van der Waals surface area contributed by atoms with E-state index in [9.17, 15) is 18.0 Å². The standard InChI is InChI=1S/C29H40N2O8S/c1-6-9-20-23(14-11-19-12-15-25(39-26(19)20)29(33)31-40(5,34)35)37-17-8-18-38-24-16-13-22(28(32)30-3)27(36-4)21(24)10-7-2/h11,13-14,16,25H,6-10,12,15,17-18H2,1-5H3,(H,30,32)(H,31,33). The molecule has 0 bridgehead atoms. The van der Waals surface area contributed by atoms with Crippen LogP contribution >= 0.6 is 0 Å². The van der Waals surface area contributed by atoms with Crippen LogP contribution in [-0.4, -0.2) is 60.0 Å². The second-order valence-corrected chi connectivity index (χ2v) is 11.4. The number of carbonyl (C=O) groups is 2. The van der Waals surface area contributed by atoms with Crippen LogP contribution in [-0.2, 0) is 34.1 Å². The first kappa shape index (κ1) is 31.1. The van der Waals surface area contributed by atoms with Crippen LogP contribution in [0.1, 0.15) is 66.6 Å². The van der Waals surface area contributed by atoms with Gasteiger partial charge in [-0.3, -0.25) is 14.3 Å². The van der Waals surface area contributed by atoms with Crippen LogP contribution in [0.4, 0.5) is 0 Å². The third-order valence-corrected chi connectivity index (χ3v) is 7.08. The fourth-order valence-electron chi connectivity index (χ4n) is 4.75. The predicted octanol–water partition coefficient (Wildman–Crippen LogP) is 3.58. The first-order chi connectivity index (χ1) is 19.1. The van der Waals surface area contributed by atoms with Gasteiger partial charge < -0.3 is 24.3 Å². The highest BCUT2D eigenvalue weighted by molar-refractivity contribution is 7.89. The lowest BCUT2D eigenvalue weighted by Gasteiger charge is -2.28. The van der Waals surface area contributed by atoms with Gasteiger partial charge in [0.05, 0.1) is 32.1 Å². The summed E-state index contributed by atoms with van der Waals surface area (Å²) in [5.74, 6) is 1.60. The van der Waals surface area contributed by atoms with Crippen molar-refractivity contribution in [3.8, 4) is 23.0 Å². The highest BCUT2D eigenvalue weighted by Gasteiger charge is 2.30. The summed E-state index contributed by atoms with van der Waals surface area (Å²) in [5, 5.41) is 2.64. The van der Waals surface area contributed by atoms with Crippen molar-refractivity contribution in [2.45, 2.75) is 64.9 Å². The number of carbonyl (C=O) groups excluding carboxylic acids is 2. The van der Waals surface area contributed by atoms with E-state index in [1.807, 2.05) is 23.8 Å². The Bertz CT molecular complexity index is 1310. The number of hydrogen-bond donors (Lipinski definition) is 2. The van der Waals surface area contributed by atoms with Crippen molar-refractivity contribution in [3.05, 3.63) is 46.5 Å². The molecule has 1 aliphatic rings. The van der Waals surface area contributed by atoms with Gasteiger partial charge in [-0.05, 0) is 49.4 Å². The van der Waals surface area contributed by atoms with Crippen LogP contribution < -0.4 is 29.0 Å². The SMILES string of the molecule is CCCc1c(OCCCOc2ccc(C(=O)NC)c(OC)c2CCC)ccc2c1OC(C(=O)NS(C)(=O)=O)CC2. The van der Waals surface area contributed by atoms with E-state index in [-0.39, 0.29) is 5.91 Å². The first-order valence-electron chi connectivity index (χ1n) is 13.6. The van der Waals surface area contributed by atoms with E-state index >= 15 is 0 Å². The van der Waals surface area contributed by atoms with Crippen molar-refractivity contribution < 1.29 is 37.0 Å². The molecule has 0 saturated carbocycles. The molecule has 2 aromatic rings. The Morgan fingerprint density at radius 1 is 1.00 bits per heavy atom. The molecule has 1 aliphatic heterocycles. The average molecular weight is 577 g/mol. The van der Waals surface area contributed by atoms with Crippen LogP contribution in [0.15, 0.2) is 24.3 Å². The zero-order valence-corrected chi connectivity index (χ0v) is 24.7. The van der Waals surface area contributed by atoms with Gasteiger partial charge in [-0.1, -0.05) is 32.8 Å². The Kier molecular flexibility index (Phi) is 11.1. The number of aryl methyl sites for hydroxylation is 1. The number of sulfonamides is 1. The minimum atomic E-state index is -3.67. The van der Waals surface area contributed by atoms with Crippen LogP contribution in [0.5, 0.6) is 23.0 Å². The quantitative estimate of drug-likeness (QED) is 0.327. The van der Waals surface area contributed by atoms with Crippen molar-refractivity contribution in [1.82, 2.24) is 10.0 Å². The molecule has 220 valence electrons. The number of hydrogen-bond acceptors (Lipinski definition) is 8. The minimum Gasteiger partial charge on any atom is -0.495 e. The number of benzene rings is 2. The maximum atomic E-state index is 12.4. The third kappa shape index (κ3) is 7.80. The lowest BCUT2D eigenvalue weighted by molar-refractivity contribution is -0.126. The Labute approximate surface area is 236 Å². The molecule has 0 aromatic heterocycles. The molecule has 0 saturated heterocycles. The smallest absolute Gasteiger partial charge is 0.274 e. The summed E-state index contributed by atoms with van der Waals surface area (Å²) in [6.07, 6.45) is 4.76. The third-order valence-electron chi connectivity index (χ3n) is 6.51. The van der Waals surface area contributed by atoms with Crippen molar-refractivity contribution in [1.29, 1.82) is 0 Å².